The van der Waals surface area contributed by atoms with Gasteiger partial charge in [-0.3, -0.25) is 4.79 Å². The molecule has 3 heteroatoms. The Morgan fingerprint density at radius 1 is 1.11 bits per heavy atom. The zero-order valence-corrected chi connectivity index (χ0v) is 22.5. The van der Waals surface area contributed by atoms with Gasteiger partial charge < -0.3 is 10.0 Å². The maximum absolute atomic E-state index is 12.1. The van der Waals surface area contributed by atoms with Gasteiger partial charge in [0.05, 0.1) is 6.10 Å². The highest BCUT2D eigenvalue weighted by atomic mass is 16.3. The van der Waals surface area contributed by atoms with Crippen LogP contribution < -0.4 is 4.90 Å². The van der Waals surface area contributed by atoms with Crippen LogP contribution in [0.25, 0.3) is 0 Å². The summed E-state index contributed by atoms with van der Waals surface area (Å²) in [6, 6.07) is 8.96. The topological polar surface area (TPSA) is 40.5 Å². The lowest BCUT2D eigenvalue weighted by atomic mass is 9.53. The van der Waals surface area contributed by atoms with E-state index in [1.807, 2.05) is 26.8 Å². The Morgan fingerprint density at radius 3 is 2.49 bits per heavy atom. The minimum Gasteiger partial charge on any atom is -0.393 e. The van der Waals surface area contributed by atoms with Gasteiger partial charge >= 0.3 is 0 Å². The Hall–Kier alpha value is -2.31. The van der Waals surface area contributed by atoms with Crippen LogP contribution in [0.2, 0.25) is 0 Å². The summed E-state index contributed by atoms with van der Waals surface area (Å²) in [5.41, 5.74) is 7.09. The van der Waals surface area contributed by atoms with Crippen LogP contribution in [0, 0.1) is 35.0 Å². The van der Waals surface area contributed by atoms with E-state index in [4.69, 9.17) is 6.42 Å². The molecule has 2 saturated carbocycles. The first-order chi connectivity index (χ1) is 16.4. The number of benzene rings is 1. The molecule has 0 spiro atoms. The molecule has 0 saturated heterocycles. The predicted molar refractivity (Wildman–Crippen MR) is 145 cm³/mol. The van der Waals surface area contributed by atoms with Gasteiger partial charge in [-0.1, -0.05) is 24.6 Å². The van der Waals surface area contributed by atoms with Crippen LogP contribution in [0.3, 0.4) is 0 Å². The number of carbonyl (C=O) groups is 1. The summed E-state index contributed by atoms with van der Waals surface area (Å²) in [5.74, 6) is 4.38. The molecule has 4 aliphatic carbocycles. The van der Waals surface area contributed by atoms with E-state index in [1.165, 1.54) is 22.4 Å². The van der Waals surface area contributed by atoms with Gasteiger partial charge in [0.25, 0.3) is 0 Å². The maximum Gasteiger partial charge on any atom is 0.156 e. The minimum atomic E-state index is -0.191. The molecule has 1 aromatic carbocycles. The lowest BCUT2D eigenvalue weighted by molar-refractivity contribution is -0.114. The first-order valence-corrected chi connectivity index (χ1v) is 13.3. The zero-order valence-electron chi connectivity index (χ0n) is 22.5. The summed E-state index contributed by atoms with van der Waals surface area (Å²) in [5, 5.41) is 11.0. The molecule has 0 aromatic heterocycles. The largest absolute Gasteiger partial charge is 0.393 e. The minimum absolute atomic E-state index is 0.000775. The molecule has 1 aromatic rings. The van der Waals surface area contributed by atoms with E-state index >= 15 is 0 Å². The second-order valence-electron chi connectivity index (χ2n) is 12.6. The molecular formula is C32H43NO2. The Kier molecular flexibility index (Phi) is 7.09. The molecule has 1 N–H and O–H groups in total. The van der Waals surface area contributed by atoms with Crippen LogP contribution in [0.15, 0.2) is 47.1 Å². The first-order valence-electron chi connectivity index (χ1n) is 13.3. The number of nitrogens with zero attached hydrogens (tertiary/aromatic N) is 1. The summed E-state index contributed by atoms with van der Waals surface area (Å²) in [6.45, 7) is 8.36. The van der Waals surface area contributed by atoms with Crippen LogP contribution in [0.4, 0.5) is 5.69 Å². The van der Waals surface area contributed by atoms with Gasteiger partial charge in [-0.05, 0) is 111 Å². The number of aliphatic hydroxyl groups excluding tert-OH is 1. The average molecular weight is 474 g/mol. The first kappa shape index (κ1) is 25.8. The van der Waals surface area contributed by atoms with Crippen molar-refractivity contribution in [3.05, 3.63) is 52.6 Å². The van der Waals surface area contributed by atoms with Crippen LogP contribution in [-0.2, 0) is 4.79 Å². The number of allylic oxidation sites excluding steroid dienone is 4. The van der Waals surface area contributed by atoms with Gasteiger partial charge in [-0.2, -0.15) is 0 Å². The normalized spacial score (nSPS) is 31.8. The third kappa shape index (κ3) is 5.01. The standard InChI is InChI=1S/C26H33NO2.C6H10/c1-26-15-22(16-5-4-6-18(13-16)27(2)3)25-20-10-8-19(28)14-17(20)7-9-21(25)23(26)11-12-24(26)29;1-5-6(2,3)4/h4-6,13-14,21-24,29H,7-12,15H2,1-3H3;1H,2-4H3. The SMILES string of the molecule is C#CC(C)(C)C.CN(C)c1cccc(C2CC3(C)C(O)CCC3C3CCC4=CC(=O)CCC4=C23)c1. The molecule has 0 amide bonds. The average Bonchev–Trinajstić information content (AvgIpc) is 3.12. The van der Waals surface area contributed by atoms with E-state index in [0.717, 1.165) is 38.5 Å². The smallest absolute Gasteiger partial charge is 0.156 e. The lowest BCUT2D eigenvalue weighted by Crippen LogP contribution is -2.45. The van der Waals surface area contributed by atoms with Crippen molar-refractivity contribution < 1.29 is 9.90 Å². The van der Waals surface area contributed by atoms with Crippen LogP contribution in [0.5, 0.6) is 0 Å². The molecule has 35 heavy (non-hydrogen) atoms. The molecule has 0 radical (unpaired) electrons. The molecular weight excluding hydrogens is 430 g/mol. The van der Waals surface area contributed by atoms with Crippen molar-refractivity contribution in [1.82, 2.24) is 0 Å². The number of carbonyl (C=O) groups excluding carboxylic acids is 1. The van der Waals surface area contributed by atoms with Crippen LogP contribution >= 0.6 is 0 Å². The number of rotatable bonds is 2. The quantitative estimate of drug-likeness (QED) is 0.487. The Bertz CT molecular complexity index is 1080. The second-order valence-corrected chi connectivity index (χ2v) is 12.6. The third-order valence-electron chi connectivity index (χ3n) is 8.90. The highest BCUT2D eigenvalue weighted by Crippen LogP contribution is 2.63. The predicted octanol–water partition coefficient (Wildman–Crippen LogP) is 6.68. The van der Waals surface area contributed by atoms with Crippen LogP contribution in [0.1, 0.15) is 84.1 Å². The molecule has 0 heterocycles. The molecule has 0 bridgehead atoms. The third-order valence-corrected chi connectivity index (χ3v) is 8.90. The zero-order chi connectivity index (χ0) is 25.5. The lowest BCUT2D eigenvalue weighted by Gasteiger charge is -2.52. The van der Waals surface area contributed by atoms with Gasteiger partial charge in [-0.15, -0.1) is 12.3 Å². The van der Waals surface area contributed by atoms with Gasteiger partial charge in [0, 0.05) is 37.5 Å². The van der Waals surface area contributed by atoms with Crippen molar-refractivity contribution in [2.45, 2.75) is 84.7 Å². The van der Waals surface area contributed by atoms with Crippen molar-refractivity contribution in [3.63, 3.8) is 0 Å². The molecule has 2 fully saturated rings. The fourth-order valence-electron chi connectivity index (χ4n) is 6.95. The highest BCUT2D eigenvalue weighted by Gasteiger charge is 2.56. The molecule has 5 atom stereocenters. The Labute approximate surface area is 212 Å². The fourth-order valence-corrected chi connectivity index (χ4v) is 6.95. The summed E-state index contributed by atoms with van der Waals surface area (Å²) < 4.78 is 0. The number of terminal acetylenes is 1. The van der Waals surface area contributed by atoms with Crippen molar-refractivity contribution in [1.29, 1.82) is 0 Å². The molecule has 5 rings (SSSR count). The molecule has 5 unspecified atom stereocenters. The molecule has 188 valence electrons. The Morgan fingerprint density at radius 2 is 1.83 bits per heavy atom. The van der Waals surface area contributed by atoms with Gasteiger partial charge in [0.2, 0.25) is 0 Å². The van der Waals surface area contributed by atoms with E-state index < -0.39 is 0 Å². The van der Waals surface area contributed by atoms with E-state index in [-0.39, 0.29) is 16.9 Å². The maximum atomic E-state index is 12.1. The van der Waals surface area contributed by atoms with Crippen molar-refractivity contribution in [2.24, 2.45) is 22.7 Å². The van der Waals surface area contributed by atoms with E-state index in [1.54, 1.807) is 5.57 Å². The number of anilines is 1. The van der Waals surface area contributed by atoms with Crippen LogP contribution in [-0.4, -0.2) is 31.1 Å². The molecule has 3 nitrogen and oxygen atoms in total. The van der Waals surface area contributed by atoms with Crippen molar-refractivity contribution in [2.75, 3.05) is 19.0 Å². The van der Waals surface area contributed by atoms with E-state index in [9.17, 15) is 9.90 Å². The Balaban J connectivity index is 0.000000431. The van der Waals surface area contributed by atoms with Gasteiger partial charge in [0.15, 0.2) is 5.78 Å². The second kappa shape index (κ2) is 9.62. The summed E-state index contributed by atoms with van der Waals surface area (Å²) >= 11 is 0. The monoisotopic (exact) mass is 473 g/mol. The molecule has 0 aliphatic heterocycles. The van der Waals surface area contributed by atoms with E-state index in [2.05, 4.69) is 56.1 Å². The summed E-state index contributed by atoms with van der Waals surface area (Å²) in [7, 11) is 4.19. The molecule has 4 aliphatic rings. The van der Waals surface area contributed by atoms with Gasteiger partial charge in [0.1, 0.15) is 0 Å². The number of hydrogen-bond donors (Lipinski definition) is 1. The van der Waals surface area contributed by atoms with Crippen molar-refractivity contribution in [3.8, 4) is 12.3 Å². The highest BCUT2D eigenvalue weighted by molar-refractivity contribution is 5.93. The fraction of sp³-hybridized carbons (Fsp3) is 0.594. The summed E-state index contributed by atoms with van der Waals surface area (Å²) in [4.78, 5) is 14.3. The van der Waals surface area contributed by atoms with Crippen molar-refractivity contribution >= 4 is 11.5 Å². The number of fused-ring (bicyclic) bond motifs is 4. The van der Waals surface area contributed by atoms with E-state index in [0.29, 0.717) is 30.0 Å². The number of aliphatic hydroxyl groups is 1. The number of hydrogen-bond acceptors (Lipinski definition) is 3. The van der Waals surface area contributed by atoms with Gasteiger partial charge in [-0.25, -0.2) is 0 Å². The summed E-state index contributed by atoms with van der Waals surface area (Å²) in [6.07, 6.45) is 13.6. The number of ketones is 1.